The third-order valence-corrected chi connectivity index (χ3v) is 5.46. The third-order valence-electron chi connectivity index (χ3n) is 1.52. The zero-order chi connectivity index (χ0) is 11.0. The van der Waals surface area contributed by atoms with Crippen LogP contribution in [0, 0.1) is 5.92 Å². The minimum absolute atomic E-state index is 0.525. The Morgan fingerprint density at radius 3 is 1.43 bits per heavy atom. The van der Waals surface area contributed by atoms with E-state index in [9.17, 15) is 0 Å². The largest absolute Gasteiger partial charge is 0.175 e. The molecule has 0 bridgehead atoms. The van der Waals surface area contributed by atoms with Crippen molar-refractivity contribution in [2.75, 3.05) is 23.0 Å². The van der Waals surface area contributed by atoms with Gasteiger partial charge in [-0.3, -0.25) is 0 Å². The number of hydrogen-bond acceptors (Lipinski definition) is 4. The molecule has 0 rings (SSSR count). The van der Waals surface area contributed by atoms with E-state index >= 15 is 0 Å². The first-order chi connectivity index (χ1) is 6.52. The maximum absolute atomic E-state index is 4.36. The van der Waals surface area contributed by atoms with Gasteiger partial charge in [0.2, 0.25) is 0 Å². The fraction of sp³-hybridized carbons (Fsp3) is 1.00. The molecule has 0 spiro atoms. The topological polar surface area (TPSA) is 0 Å². The standard InChI is InChI=1S/C10H22S4/c1-8(4-13-6-9(2)11)5-14-7-10(3)12/h8-12H,4-7H2,1-3H3. The van der Waals surface area contributed by atoms with E-state index < -0.39 is 0 Å². The summed E-state index contributed by atoms with van der Waals surface area (Å²) in [6, 6.07) is 0. The first-order valence-electron chi connectivity index (χ1n) is 5.04. The Labute approximate surface area is 109 Å². The van der Waals surface area contributed by atoms with Crippen molar-refractivity contribution >= 4 is 48.8 Å². The fourth-order valence-electron chi connectivity index (χ4n) is 0.928. The van der Waals surface area contributed by atoms with E-state index in [-0.39, 0.29) is 0 Å². The maximum Gasteiger partial charge on any atom is 0.00791 e. The van der Waals surface area contributed by atoms with Crippen LogP contribution >= 0.6 is 48.8 Å². The van der Waals surface area contributed by atoms with Crippen molar-refractivity contribution in [3.8, 4) is 0 Å². The highest BCUT2D eigenvalue weighted by molar-refractivity contribution is 8.00. The van der Waals surface area contributed by atoms with E-state index in [0.29, 0.717) is 10.5 Å². The lowest BCUT2D eigenvalue weighted by Gasteiger charge is -2.12. The molecular formula is C10H22S4. The molecular weight excluding hydrogens is 248 g/mol. The normalized spacial score (nSPS) is 17.8. The summed E-state index contributed by atoms with van der Waals surface area (Å²) in [4.78, 5) is 0. The molecule has 0 heterocycles. The van der Waals surface area contributed by atoms with Crippen LogP contribution in [0.15, 0.2) is 0 Å². The smallest absolute Gasteiger partial charge is 0.00791 e. The van der Waals surface area contributed by atoms with Gasteiger partial charge in [0.05, 0.1) is 0 Å². The van der Waals surface area contributed by atoms with Crippen LogP contribution in [0.2, 0.25) is 0 Å². The molecule has 0 fully saturated rings. The van der Waals surface area contributed by atoms with Crippen LogP contribution in [-0.2, 0) is 0 Å². The van der Waals surface area contributed by atoms with Crippen molar-refractivity contribution < 1.29 is 0 Å². The van der Waals surface area contributed by atoms with Crippen LogP contribution in [0.1, 0.15) is 20.8 Å². The number of thiol groups is 2. The third kappa shape index (κ3) is 11.5. The Bertz CT molecular complexity index is 111. The summed E-state index contributed by atoms with van der Waals surface area (Å²) in [5.74, 6) is 5.67. The lowest BCUT2D eigenvalue weighted by Crippen LogP contribution is -2.06. The Morgan fingerprint density at radius 2 is 1.14 bits per heavy atom. The second kappa shape index (κ2) is 9.61. The minimum atomic E-state index is 0.525. The lowest BCUT2D eigenvalue weighted by molar-refractivity contribution is 0.763. The van der Waals surface area contributed by atoms with E-state index in [4.69, 9.17) is 0 Å². The first-order valence-corrected chi connectivity index (χ1v) is 8.38. The van der Waals surface area contributed by atoms with E-state index in [1.807, 2.05) is 23.5 Å². The molecule has 0 saturated heterocycles. The highest BCUT2D eigenvalue weighted by Gasteiger charge is 2.04. The molecule has 14 heavy (non-hydrogen) atoms. The van der Waals surface area contributed by atoms with Crippen LogP contribution in [0.5, 0.6) is 0 Å². The van der Waals surface area contributed by atoms with Crippen LogP contribution in [-0.4, -0.2) is 33.5 Å². The average Bonchev–Trinajstić information content (AvgIpc) is 2.02. The van der Waals surface area contributed by atoms with Gasteiger partial charge in [0.15, 0.2) is 0 Å². The molecule has 2 atom stereocenters. The SMILES string of the molecule is CC(S)CSCC(C)CSCC(C)S. The predicted octanol–water partition coefficient (Wildman–Crippen LogP) is 3.73. The van der Waals surface area contributed by atoms with Gasteiger partial charge in [-0.25, -0.2) is 0 Å². The Hall–Kier alpha value is 1.40. The number of hydrogen-bond donors (Lipinski definition) is 2. The Kier molecular flexibility index (Phi) is 10.6. The van der Waals surface area contributed by atoms with Crippen LogP contribution in [0.3, 0.4) is 0 Å². The average molecular weight is 271 g/mol. The summed E-state index contributed by atoms with van der Waals surface area (Å²) < 4.78 is 0. The second-order valence-corrected chi connectivity index (χ2v) is 7.79. The van der Waals surface area contributed by atoms with Gasteiger partial charge in [0.1, 0.15) is 0 Å². The van der Waals surface area contributed by atoms with E-state index in [1.54, 1.807) is 0 Å². The maximum atomic E-state index is 4.36. The summed E-state index contributed by atoms with van der Waals surface area (Å²) in [5.41, 5.74) is 0. The van der Waals surface area contributed by atoms with Gasteiger partial charge in [0, 0.05) is 22.0 Å². The summed E-state index contributed by atoms with van der Waals surface area (Å²) in [6.07, 6.45) is 0. The molecule has 0 nitrogen and oxygen atoms in total. The van der Waals surface area contributed by atoms with Crippen molar-refractivity contribution in [1.29, 1.82) is 0 Å². The Morgan fingerprint density at radius 1 is 0.786 bits per heavy atom. The molecule has 0 radical (unpaired) electrons. The van der Waals surface area contributed by atoms with Crippen LogP contribution in [0.4, 0.5) is 0 Å². The lowest BCUT2D eigenvalue weighted by atomic mass is 10.3. The second-order valence-electron chi connectivity index (χ2n) is 3.88. The molecule has 0 aromatic carbocycles. The molecule has 0 aliphatic carbocycles. The molecule has 0 N–H and O–H groups in total. The van der Waals surface area contributed by atoms with Gasteiger partial charge < -0.3 is 0 Å². The van der Waals surface area contributed by atoms with Crippen molar-refractivity contribution in [2.24, 2.45) is 5.92 Å². The highest BCUT2D eigenvalue weighted by Crippen LogP contribution is 2.17. The zero-order valence-electron chi connectivity index (χ0n) is 9.27. The fourth-order valence-corrected chi connectivity index (χ4v) is 3.70. The van der Waals surface area contributed by atoms with Gasteiger partial charge in [-0.05, 0) is 17.4 Å². The van der Waals surface area contributed by atoms with Gasteiger partial charge in [-0.1, -0.05) is 20.8 Å². The molecule has 0 aromatic rings. The monoisotopic (exact) mass is 270 g/mol. The summed E-state index contributed by atoms with van der Waals surface area (Å²) in [5, 5.41) is 1.05. The highest BCUT2D eigenvalue weighted by atomic mass is 32.2. The van der Waals surface area contributed by atoms with Crippen LogP contribution in [0.25, 0.3) is 0 Å². The molecule has 0 amide bonds. The molecule has 0 aliphatic heterocycles. The van der Waals surface area contributed by atoms with Gasteiger partial charge in [0.25, 0.3) is 0 Å². The van der Waals surface area contributed by atoms with Crippen molar-refractivity contribution in [2.45, 2.75) is 31.3 Å². The van der Waals surface area contributed by atoms with Crippen molar-refractivity contribution in [1.82, 2.24) is 0 Å². The molecule has 0 saturated carbocycles. The van der Waals surface area contributed by atoms with Crippen molar-refractivity contribution in [3.63, 3.8) is 0 Å². The number of thioether (sulfide) groups is 2. The minimum Gasteiger partial charge on any atom is -0.175 e. The van der Waals surface area contributed by atoms with Gasteiger partial charge >= 0.3 is 0 Å². The van der Waals surface area contributed by atoms with E-state index in [0.717, 1.165) is 5.92 Å². The summed E-state index contributed by atoms with van der Waals surface area (Å²) in [7, 11) is 0. The van der Waals surface area contributed by atoms with Gasteiger partial charge in [-0.2, -0.15) is 48.8 Å². The van der Waals surface area contributed by atoms with Gasteiger partial charge in [-0.15, -0.1) is 0 Å². The molecule has 2 unspecified atom stereocenters. The molecule has 4 heteroatoms. The van der Waals surface area contributed by atoms with Crippen LogP contribution < -0.4 is 0 Å². The van der Waals surface area contributed by atoms with E-state index in [2.05, 4.69) is 46.0 Å². The summed E-state index contributed by atoms with van der Waals surface area (Å²) in [6.45, 7) is 6.63. The summed E-state index contributed by atoms with van der Waals surface area (Å²) >= 11 is 12.8. The molecule has 0 aromatic heterocycles. The predicted molar refractivity (Wildman–Crippen MR) is 80.7 cm³/mol. The quantitative estimate of drug-likeness (QED) is 0.645. The number of rotatable bonds is 8. The van der Waals surface area contributed by atoms with Crippen molar-refractivity contribution in [3.05, 3.63) is 0 Å². The Balaban J connectivity index is 3.23. The van der Waals surface area contributed by atoms with E-state index in [1.165, 1.54) is 23.0 Å². The first kappa shape index (κ1) is 15.4. The molecule has 0 aliphatic rings. The zero-order valence-corrected chi connectivity index (χ0v) is 12.7. The molecule has 86 valence electrons.